The summed E-state index contributed by atoms with van der Waals surface area (Å²) in [7, 11) is 0. The summed E-state index contributed by atoms with van der Waals surface area (Å²) >= 11 is 0. The van der Waals surface area contributed by atoms with Gasteiger partial charge in [0.15, 0.2) is 0 Å². The molecule has 0 bridgehead atoms. The normalized spacial score (nSPS) is 18.5. The third-order valence-corrected chi connectivity index (χ3v) is 2.92. The Balaban J connectivity index is 2.29. The van der Waals surface area contributed by atoms with E-state index in [0.29, 0.717) is 17.1 Å². The Morgan fingerprint density at radius 1 is 1.44 bits per heavy atom. The fourth-order valence-corrected chi connectivity index (χ4v) is 2.03. The predicted octanol–water partition coefficient (Wildman–Crippen LogP) is 1.89. The highest BCUT2D eigenvalue weighted by atomic mass is 15.3. The molecule has 2 rings (SSSR count). The summed E-state index contributed by atoms with van der Waals surface area (Å²) in [5.41, 5.74) is 1.62. The minimum Gasteiger partial charge on any atom is -0.340 e. The Labute approximate surface area is 95.9 Å². The van der Waals surface area contributed by atoms with Crippen molar-refractivity contribution in [1.82, 2.24) is 9.97 Å². The molecule has 2 heterocycles. The number of hydrogen-bond donors (Lipinski definition) is 0. The van der Waals surface area contributed by atoms with Crippen LogP contribution < -0.4 is 4.90 Å². The summed E-state index contributed by atoms with van der Waals surface area (Å²) in [5, 5.41) is 8.87. The molecule has 0 radical (unpaired) electrons. The van der Waals surface area contributed by atoms with Crippen LogP contribution in [-0.4, -0.2) is 23.1 Å². The van der Waals surface area contributed by atoms with Gasteiger partial charge in [0, 0.05) is 18.8 Å². The quantitative estimate of drug-likeness (QED) is 0.719. The first kappa shape index (κ1) is 10.9. The van der Waals surface area contributed by atoms with Crippen LogP contribution in [0.2, 0.25) is 0 Å². The van der Waals surface area contributed by atoms with Gasteiger partial charge in [-0.05, 0) is 24.8 Å². The van der Waals surface area contributed by atoms with Gasteiger partial charge in [-0.2, -0.15) is 5.26 Å². The van der Waals surface area contributed by atoms with Crippen molar-refractivity contribution in [3.63, 3.8) is 0 Å². The maximum absolute atomic E-state index is 8.87. The minimum absolute atomic E-state index is 0.319. The molecular weight excluding hydrogens is 200 g/mol. The number of nitrogens with zero attached hydrogens (tertiary/aromatic N) is 4. The Morgan fingerprint density at radius 3 is 2.75 bits per heavy atom. The monoisotopic (exact) mass is 216 g/mol. The first-order valence-corrected chi connectivity index (χ1v) is 5.51. The second kappa shape index (κ2) is 3.75. The van der Waals surface area contributed by atoms with Gasteiger partial charge in [0.2, 0.25) is 5.95 Å². The van der Waals surface area contributed by atoms with E-state index in [-0.39, 0.29) is 0 Å². The fraction of sp³-hybridized carbons (Fsp3) is 0.583. The SMILES string of the molecule is Cc1cc(C#N)nc(N2CCC(C)(C)C2)n1. The highest BCUT2D eigenvalue weighted by Gasteiger charge is 2.30. The van der Waals surface area contributed by atoms with Crippen molar-refractivity contribution in [1.29, 1.82) is 5.26 Å². The van der Waals surface area contributed by atoms with Crippen LogP contribution in [0.5, 0.6) is 0 Å². The minimum atomic E-state index is 0.319. The number of aromatic nitrogens is 2. The van der Waals surface area contributed by atoms with E-state index in [0.717, 1.165) is 25.2 Å². The van der Waals surface area contributed by atoms with Gasteiger partial charge in [-0.25, -0.2) is 9.97 Å². The van der Waals surface area contributed by atoms with Crippen LogP contribution in [-0.2, 0) is 0 Å². The van der Waals surface area contributed by atoms with Crippen molar-refractivity contribution in [3.8, 4) is 6.07 Å². The summed E-state index contributed by atoms with van der Waals surface area (Å²) in [4.78, 5) is 10.8. The van der Waals surface area contributed by atoms with Crippen LogP contribution in [0.4, 0.5) is 5.95 Å². The standard InChI is InChI=1S/C12H16N4/c1-9-6-10(7-13)15-11(14-9)16-5-4-12(2,3)8-16/h6H,4-5,8H2,1-3H3. The van der Waals surface area contributed by atoms with Crippen molar-refractivity contribution in [2.45, 2.75) is 27.2 Å². The summed E-state index contributed by atoms with van der Waals surface area (Å²) < 4.78 is 0. The molecule has 4 heteroatoms. The van der Waals surface area contributed by atoms with Gasteiger partial charge in [0.1, 0.15) is 11.8 Å². The summed E-state index contributed by atoms with van der Waals surface area (Å²) in [6, 6.07) is 3.79. The smallest absolute Gasteiger partial charge is 0.226 e. The molecule has 0 saturated carbocycles. The van der Waals surface area contributed by atoms with E-state index in [1.807, 2.05) is 6.92 Å². The predicted molar refractivity (Wildman–Crippen MR) is 62.1 cm³/mol. The van der Waals surface area contributed by atoms with Crippen molar-refractivity contribution in [3.05, 3.63) is 17.5 Å². The molecule has 0 N–H and O–H groups in total. The molecule has 1 aliphatic heterocycles. The van der Waals surface area contributed by atoms with Crippen LogP contribution in [0, 0.1) is 23.7 Å². The highest BCUT2D eigenvalue weighted by Crippen LogP contribution is 2.30. The fourth-order valence-electron chi connectivity index (χ4n) is 2.03. The molecule has 84 valence electrons. The highest BCUT2D eigenvalue weighted by molar-refractivity contribution is 5.37. The van der Waals surface area contributed by atoms with Crippen LogP contribution in [0.3, 0.4) is 0 Å². The third kappa shape index (κ3) is 2.13. The van der Waals surface area contributed by atoms with E-state index in [9.17, 15) is 0 Å². The topological polar surface area (TPSA) is 52.8 Å². The number of aryl methyl sites for hydroxylation is 1. The molecular formula is C12H16N4. The van der Waals surface area contributed by atoms with Crippen LogP contribution in [0.15, 0.2) is 6.07 Å². The van der Waals surface area contributed by atoms with Gasteiger partial charge >= 0.3 is 0 Å². The van der Waals surface area contributed by atoms with Gasteiger partial charge in [0.25, 0.3) is 0 Å². The lowest BCUT2D eigenvalue weighted by Crippen LogP contribution is -2.25. The van der Waals surface area contributed by atoms with E-state index in [4.69, 9.17) is 5.26 Å². The number of nitriles is 1. The Morgan fingerprint density at radius 2 is 2.19 bits per heavy atom. The van der Waals surface area contributed by atoms with E-state index in [2.05, 4.69) is 34.8 Å². The van der Waals surface area contributed by atoms with Gasteiger partial charge < -0.3 is 4.90 Å². The molecule has 0 atom stereocenters. The lowest BCUT2D eigenvalue weighted by atomic mass is 9.93. The van der Waals surface area contributed by atoms with Crippen LogP contribution in [0.25, 0.3) is 0 Å². The molecule has 4 nitrogen and oxygen atoms in total. The Kier molecular flexibility index (Phi) is 2.55. The molecule has 16 heavy (non-hydrogen) atoms. The summed E-state index contributed by atoms with van der Waals surface area (Å²) in [6.45, 7) is 8.32. The first-order valence-electron chi connectivity index (χ1n) is 5.51. The van der Waals surface area contributed by atoms with Gasteiger partial charge in [-0.15, -0.1) is 0 Å². The largest absolute Gasteiger partial charge is 0.340 e. The van der Waals surface area contributed by atoms with Crippen molar-refractivity contribution in [2.24, 2.45) is 5.41 Å². The van der Waals surface area contributed by atoms with E-state index >= 15 is 0 Å². The molecule has 0 amide bonds. The maximum atomic E-state index is 8.87. The second-order valence-corrected chi connectivity index (χ2v) is 5.14. The van der Waals surface area contributed by atoms with Crippen LogP contribution >= 0.6 is 0 Å². The first-order chi connectivity index (χ1) is 7.50. The molecule has 0 unspecified atom stereocenters. The maximum Gasteiger partial charge on any atom is 0.226 e. The lowest BCUT2D eigenvalue weighted by molar-refractivity contribution is 0.418. The average molecular weight is 216 g/mol. The van der Waals surface area contributed by atoms with Crippen molar-refractivity contribution in [2.75, 3.05) is 18.0 Å². The zero-order valence-corrected chi connectivity index (χ0v) is 9.99. The Hall–Kier alpha value is -1.63. The molecule has 1 saturated heterocycles. The Bertz CT molecular complexity index is 445. The summed E-state index contributed by atoms with van der Waals surface area (Å²) in [5.74, 6) is 0.696. The van der Waals surface area contributed by atoms with Crippen molar-refractivity contribution >= 4 is 5.95 Å². The molecule has 1 aliphatic rings. The molecule has 0 aromatic carbocycles. The zero-order valence-electron chi connectivity index (χ0n) is 9.99. The number of rotatable bonds is 1. The average Bonchev–Trinajstić information content (AvgIpc) is 2.58. The molecule has 0 spiro atoms. The second-order valence-electron chi connectivity index (χ2n) is 5.14. The van der Waals surface area contributed by atoms with Crippen molar-refractivity contribution < 1.29 is 0 Å². The van der Waals surface area contributed by atoms with Gasteiger partial charge in [-0.1, -0.05) is 13.8 Å². The lowest BCUT2D eigenvalue weighted by Gasteiger charge is -2.19. The molecule has 1 aromatic heterocycles. The van der Waals surface area contributed by atoms with E-state index < -0.39 is 0 Å². The molecule has 1 aromatic rings. The van der Waals surface area contributed by atoms with E-state index in [1.54, 1.807) is 6.07 Å². The molecule has 1 fully saturated rings. The summed E-state index contributed by atoms with van der Waals surface area (Å²) in [6.07, 6.45) is 1.15. The zero-order chi connectivity index (χ0) is 11.8. The van der Waals surface area contributed by atoms with Gasteiger partial charge in [-0.3, -0.25) is 0 Å². The molecule has 0 aliphatic carbocycles. The third-order valence-electron chi connectivity index (χ3n) is 2.92. The number of anilines is 1. The van der Waals surface area contributed by atoms with Crippen LogP contribution in [0.1, 0.15) is 31.7 Å². The van der Waals surface area contributed by atoms with Gasteiger partial charge in [0.05, 0.1) is 0 Å². The number of hydrogen-bond acceptors (Lipinski definition) is 4. The van der Waals surface area contributed by atoms with E-state index in [1.165, 1.54) is 0 Å².